The van der Waals surface area contributed by atoms with E-state index in [2.05, 4.69) is 0 Å². The largest absolute Gasteiger partial charge is 0.490 e. The first-order valence-electron chi connectivity index (χ1n) is 5.60. The van der Waals surface area contributed by atoms with Gasteiger partial charge in [-0.25, -0.2) is 0 Å². The molecule has 0 spiro atoms. The first-order chi connectivity index (χ1) is 8.41. The molecule has 0 saturated heterocycles. The van der Waals surface area contributed by atoms with Crippen LogP contribution < -0.4 is 9.47 Å². The topological polar surface area (TPSA) is 21.7 Å². The summed E-state index contributed by atoms with van der Waals surface area (Å²) < 4.78 is 48.9. The van der Waals surface area contributed by atoms with E-state index in [1.807, 2.05) is 0 Å². The maximum atomic E-state index is 12.8. The zero-order valence-electron chi connectivity index (χ0n) is 10.2. The van der Waals surface area contributed by atoms with Crippen LogP contribution in [0.3, 0.4) is 0 Å². The van der Waals surface area contributed by atoms with Crippen LogP contribution in [-0.2, 0) is 12.7 Å². The highest BCUT2D eigenvalue weighted by atomic mass is 19.4. The average Bonchev–Trinajstić information content (AvgIpc) is 2.27. The van der Waals surface area contributed by atoms with Gasteiger partial charge in [0.2, 0.25) is 0 Å². The van der Waals surface area contributed by atoms with Crippen LogP contribution in [0, 0.1) is 0 Å². The summed E-state index contributed by atoms with van der Waals surface area (Å²) in [5.74, 6) is 0.582. The van der Waals surface area contributed by atoms with Crippen molar-refractivity contribution in [1.29, 1.82) is 0 Å². The Balaban J connectivity index is 2.48. The molecular formula is C12H14F3NO2. The Bertz CT molecular complexity index is 428. The van der Waals surface area contributed by atoms with Gasteiger partial charge in [0.1, 0.15) is 6.73 Å². The molecule has 1 aromatic rings. The van der Waals surface area contributed by atoms with Crippen LogP contribution in [0.1, 0.15) is 18.1 Å². The lowest BCUT2D eigenvalue weighted by atomic mass is 10.1. The van der Waals surface area contributed by atoms with Crippen molar-refractivity contribution in [1.82, 2.24) is 4.90 Å². The first kappa shape index (κ1) is 13.0. The summed E-state index contributed by atoms with van der Waals surface area (Å²) in [5, 5.41) is 0. The number of fused-ring (bicyclic) bond motifs is 1. The number of halogens is 3. The van der Waals surface area contributed by atoms with E-state index in [0.717, 1.165) is 12.1 Å². The second-order valence-corrected chi connectivity index (χ2v) is 4.18. The average molecular weight is 261 g/mol. The van der Waals surface area contributed by atoms with E-state index < -0.39 is 11.7 Å². The fraction of sp³-hybridized carbons (Fsp3) is 0.500. The Morgan fingerprint density at radius 3 is 2.72 bits per heavy atom. The van der Waals surface area contributed by atoms with Crippen LogP contribution in [0.5, 0.6) is 11.5 Å². The zero-order valence-corrected chi connectivity index (χ0v) is 10.2. The summed E-state index contributed by atoms with van der Waals surface area (Å²) in [5.41, 5.74) is -0.203. The highest BCUT2D eigenvalue weighted by Crippen LogP contribution is 2.41. The van der Waals surface area contributed by atoms with Gasteiger partial charge in [0, 0.05) is 12.1 Å². The van der Waals surface area contributed by atoms with Crippen LogP contribution in [0.15, 0.2) is 12.1 Å². The van der Waals surface area contributed by atoms with E-state index in [0.29, 0.717) is 31.2 Å². The lowest BCUT2D eigenvalue weighted by molar-refractivity contribution is -0.137. The molecule has 6 heteroatoms. The van der Waals surface area contributed by atoms with Gasteiger partial charge < -0.3 is 9.47 Å². The van der Waals surface area contributed by atoms with Gasteiger partial charge >= 0.3 is 6.18 Å². The molecular weight excluding hydrogens is 247 g/mol. The monoisotopic (exact) mass is 261 g/mol. The predicted molar refractivity (Wildman–Crippen MR) is 59.6 cm³/mol. The fourth-order valence-electron chi connectivity index (χ4n) is 1.88. The number of benzene rings is 1. The standard InChI is InChI=1S/C12H14F3NO2/c1-3-17-10-5-9(12(13,14)15)4-8-6-16(2)7-18-11(8)10/h4-5H,3,6-7H2,1-2H3. The van der Waals surface area contributed by atoms with Gasteiger partial charge in [-0.05, 0) is 26.1 Å². The highest BCUT2D eigenvalue weighted by Gasteiger charge is 2.33. The van der Waals surface area contributed by atoms with Gasteiger partial charge in [-0.3, -0.25) is 4.90 Å². The Morgan fingerprint density at radius 1 is 1.39 bits per heavy atom. The van der Waals surface area contributed by atoms with E-state index in [1.165, 1.54) is 0 Å². The van der Waals surface area contributed by atoms with Gasteiger partial charge in [0.15, 0.2) is 11.5 Å². The van der Waals surface area contributed by atoms with Gasteiger partial charge in [0.25, 0.3) is 0 Å². The smallest absolute Gasteiger partial charge is 0.416 e. The molecule has 0 bridgehead atoms. The van der Waals surface area contributed by atoms with E-state index in [1.54, 1.807) is 18.9 Å². The third kappa shape index (κ3) is 2.53. The van der Waals surface area contributed by atoms with E-state index in [4.69, 9.17) is 9.47 Å². The fourth-order valence-corrected chi connectivity index (χ4v) is 1.88. The summed E-state index contributed by atoms with van der Waals surface area (Å²) in [6.07, 6.45) is -4.38. The Labute approximate surface area is 103 Å². The van der Waals surface area contributed by atoms with Crippen LogP contribution in [-0.4, -0.2) is 25.3 Å². The summed E-state index contributed by atoms with van der Waals surface area (Å²) in [4.78, 5) is 1.79. The molecule has 0 unspecified atom stereocenters. The molecule has 0 fully saturated rings. The van der Waals surface area contributed by atoms with Crippen molar-refractivity contribution in [3.05, 3.63) is 23.3 Å². The minimum Gasteiger partial charge on any atom is -0.490 e. The summed E-state index contributed by atoms with van der Waals surface area (Å²) >= 11 is 0. The van der Waals surface area contributed by atoms with E-state index in [9.17, 15) is 13.2 Å². The van der Waals surface area contributed by atoms with Crippen molar-refractivity contribution in [3.8, 4) is 11.5 Å². The van der Waals surface area contributed by atoms with Crippen molar-refractivity contribution in [3.63, 3.8) is 0 Å². The quantitative estimate of drug-likeness (QED) is 0.817. The Kier molecular flexibility index (Phi) is 3.38. The summed E-state index contributed by atoms with van der Waals surface area (Å²) in [7, 11) is 1.78. The van der Waals surface area contributed by atoms with E-state index in [-0.39, 0.29) is 5.75 Å². The molecule has 0 aromatic heterocycles. The predicted octanol–water partition coefficient (Wildman–Crippen LogP) is 2.89. The molecule has 18 heavy (non-hydrogen) atoms. The van der Waals surface area contributed by atoms with Gasteiger partial charge in [-0.2, -0.15) is 13.2 Å². The number of nitrogens with zero attached hydrogens (tertiary/aromatic N) is 1. The molecule has 0 radical (unpaired) electrons. The second-order valence-electron chi connectivity index (χ2n) is 4.18. The molecule has 100 valence electrons. The normalized spacial score (nSPS) is 16.1. The Hall–Kier alpha value is -1.43. The van der Waals surface area contributed by atoms with Crippen LogP contribution in [0.2, 0.25) is 0 Å². The molecule has 0 amide bonds. The van der Waals surface area contributed by atoms with Crippen LogP contribution in [0.4, 0.5) is 13.2 Å². The number of alkyl halides is 3. The minimum absolute atomic E-state index is 0.162. The summed E-state index contributed by atoms with van der Waals surface area (Å²) in [6, 6.07) is 2.11. The molecule has 0 N–H and O–H groups in total. The molecule has 1 aliphatic heterocycles. The molecule has 1 aromatic carbocycles. The third-order valence-corrected chi connectivity index (χ3v) is 2.63. The highest BCUT2D eigenvalue weighted by molar-refractivity contribution is 5.51. The minimum atomic E-state index is -4.38. The van der Waals surface area contributed by atoms with Gasteiger partial charge in [0.05, 0.1) is 12.2 Å². The third-order valence-electron chi connectivity index (χ3n) is 2.63. The maximum absolute atomic E-state index is 12.8. The maximum Gasteiger partial charge on any atom is 0.416 e. The lowest BCUT2D eigenvalue weighted by Gasteiger charge is -2.27. The van der Waals surface area contributed by atoms with E-state index >= 15 is 0 Å². The number of ether oxygens (including phenoxy) is 2. The molecule has 1 aliphatic rings. The summed E-state index contributed by atoms with van der Waals surface area (Å²) in [6.45, 7) is 2.78. The molecule has 0 saturated carbocycles. The van der Waals surface area contributed by atoms with Gasteiger partial charge in [-0.15, -0.1) is 0 Å². The SMILES string of the molecule is CCOc1cc(C(F)(F)F)cc2c1OCN(C)C2. The van der Waals surface area contributed by atoms with Crippen molar-refractivity contribution in [2.75, 3.05) is 20.4 Å². The molecule has 2 rings (SSSR count). The van der Waals surface area contributed by atoms with Crippen LogP contribution >= 0.6 is 0 Å². The van der Waals surface area contributed by atoms with Crippen molar-refractivity contribution < 1.29 is 22.6 Å². The number of hydrogen-bond donors (Lipinski definition) is 0. The lowest BCUT2D eigenvalue weighted by Crippen LogP contribution is -2.28. The number of hydrogen-bond acceptors (Lipinski definition) is 3. The zero-order chi connectivity index (χ0) is 13.3. The molecule has 3 nitrogen and oxygen atoms in total. The molecule has 0 aliphatic carbocycles. The molecule has 1 heterocycles. The van der Waals surface area contributed by atoms with Gasteiger partial charge in [-0.1, -0.05) is 0 Å². The second kappa shape index (κ2) is 4.68. The van der Waals surface area contributed by atoms with Crippen molar-refractivity contribution >= 4 is 0 Å². The van der Waals surface area contributed by atoms with Crippen molar-refractivity contribution in [2.45, 2.75) is 19.6 Å². The number of rotatable bonds is 2. The first-order valence-corrected chi connectivity index (χ1v) is 5.60. The Morgan fingerprint density at radius 2 is 2.11 bits per heavy atom. The van der Waals surface area contributed by atoms with Crippen LogP contribution in [0.25, 0.3) is 0 Å². The molecule has 0 atom stereocenters. The van der Waals surface area contributed by atoms with Crippen molar-refractivity contribution in [2.24, 2.45) is 0 Å².